The maximum atomic E-state index is 13.2. The number of carbonyl (C=O) groups excluding carboxylic acids is 1. The Morgan fingerprint density at radius 1 is 0.920 bits per heavy atom. The first-order chi connectivity index (χ1) is 12.0. The molecule has 0 fully saturated rings. The molecule has 0 unspecified atom stereocenters. The molecule has 0 aromatic heterocycles. The first-order valence-corrected chi connectivity index (χ1v) is 8.34. The fourth-order valence-corrected chi connectivity index (χ4v) is 2.84. The highest BCUT2D eigenvalue weighted by atomic mass is 19.1. The van der Waals surface area contributed by atoms with Gasteiger partial charge in [-0.05, 0) is 54.4 Å². The van der Waals surface area contributed by atoms with E-state index in [2.05, 4.69) is 41.0 Å². The van der Waals surface area contributed by atoms with Crippen LogP contribution >= 0.6 is 0 Å². The average Bonchev–Trinajstić information content (AvgIpc) is 2.61. The lowest BCUT2D eigenvalue weighted by atomic mass is 10.0. The lowest BCUT2D eigenvalue weighted by Crippen LogP contribution is -2.39. The molecule has 3 nitrogen and oxygen atoms in total. The van der Waals surface area contributed by atoms with Gasteiger partial charge in [0.15, 0.2) is 0 Å². The number of anilines is 1. The van der Waals surface area contributed by atoms with Gasteiger partial charge < -0.3 is 5.32 Å². The van der Waals surface area contributed by atoms with Crippen LogP contribution in [0.5, 0.6) is 0 Å². The van der Waals surface area contributed by atoms with E-state index in [9.17, 15) is 9.18 Å². The number of nitrogens with one attached hydrogen (secondary N) is 2. The van der Waals surface area contributed by atoms with Crippen LogP contribution in [0.15, 0.2) is 66.7 Å². The standard InChI is InChI=1S/C21H21FN2O/c1-14(17-11-10-16-6-3-4-7-18(16)12-17)23-15(2)21(25)24-20-9-5-8-19(22)13-20/h3-15,23H,1-2H3,(H,24,25)/t14-,15+/m1/s1. The fourth-order valence-electron chi connectivity index (χ4n) is 2.84. The molecule has 4 heteroatoms. The van der Waals surface area contributed by atoms with Gasteiger partial charge in [0.25, 0.3) is 0 Å². The Morgan fingerprint density at radius 3 is 2.44 bits per heavy atom. The van der Waals surface area contributed by atoms with E-state index in [1.165, 1.54) is 22.9 Å². The summed E-state index contributed by atoms with van der Waals surface area (Å²) in [6.07, 6.45) is 0. The van der Waals surface area contributed by atoms with E-state index in [-0.39, 0.29) is 17.8 Å². The Morgan fingerprint density at radius 2 is 1.68 bits per heavy atom. The zero-order valence-electron chi connectivity index (χ0n) is 14.3. The summed E-state index contributed by atoms with van der Waals surface area (Å²) in [6.45, 7) is 3.82. The highest BCUT2D eigenvalue weighted by Crippen LogP contribution is 2.20. The smallest absolute Gasteiger partial charge is 0.241 e. The summed E-state index contributed by atoms with van der Waals surface area (Å²) in [5, 5.41) is 8.38. The van der Waals surface area contributed by atoms with E-state index in [0.717, 1.165) is 5.56 Å². The van der Waals surface area contributed by atoms with Crippen LogP contribution in [0.2, 0.25) is 0 Å². The lowest BCUT2D eigenvalue weighted by Gasteiger charge is -2.20. The second-order valence-electron chi connectivity index (χ2n) is 6.22. The molecule has 25 heavy (non-hydrogen) atoms. The van der Waals surface area contributed by atoms with Gasteiger partial charge in [0.05, 0.1) is 6.04 Å². The number of hydrogen-bond donors (Lipinski definition) is 2. The number of hydrogen-bond acceptors (Lipinski definition) is 2. The molecule has 2 N–H and O–H groups in total. The number of fused-ring (bicyclic) bond motifs is 1. The Balaban J connectivity index is 1.66. The predicted octanol–water partition coefficient (Wildman–Crippen LogP) is 4.66. The molecule has 0 heterocycles. The van der Waals surface area contributed by atoms with Gasteiger partial charge in [-0.25, -0.2) is 4.39 Å². The van der Waals surface area contributed by atoms with Gasteiger partial charge in [0, 0.05) is 11.7 Å². The second-order valence-corrected chi connectivity index (χ2v) is 6.22. The van der Waals surface area contributed by atoms with Crippen molar-refractivity contribution in [2.45, 2.75) is 25.9 Å². The quantitative estimate of drug-likeness (QED) is 0.712. The molecule has 3 aromatic carbocycles. The number of benzene rings is 3. The maximum absolute atomic E-state index is 13.2. The summed E-state index contributed by atoms with van der Waals surface area (Å²) in [4.78, 5) is 12.3. The van der Waals surface area contributed by atoms with E-state index in [1.54, 1.807) is 19.1 Å². The normalized spacial score (nSPS) is 13.4. The molecule has 0 saturated carbocycles. The zero-order valence-corrected chi connectivity index (χ0v) is 14.3. The van der Waals surface area contributed by atoms with Crippen molar-refractivity contribution >= 4 is 22.4 Å². The van der Waals surface area contributed by atoms with Crippen molar-refractivity contribution in [3.63, 3.8) is 0 Å². The molecule has 0 aliphatic rings. The third kappa shape index (κ3) is 4.22. The Labute approximate surface area is 146 Å². The summed E-state index contributed by atoms with van der Waals surface area (Å²) in [6, 6.07) is 19.9. The Hall–Kier alpha value is -2.72. The first-order valence-electron chi connectivity index (χ1n) is 8.34. The van der Waals surface area contributed by atoms with Crippen molar-refractivity contribution in [2.75, 3.05) is 5.32 Å². The van der Waals surface area contributed by atoms with E-state index < -0.39 is 6.04 Å². The maximum Gasteiger partial charge on any atom is 0.241 e. The van der Waals surface area contributed by atoms with Gasteiger partial charge in [-0.15, -0.1) is 0 Å². The van der Waals surface area contributed by atoms with Gasteiger partial charge >= 0.3 is 0 Å². The topological polar surface area (TPSA) is 41.1 Å². The van der Waals surface area contributed by atoms with Crippen LogP contribution in [0, 0.1) is 5.82 Å². The van der Waals surface area contributed by atoms with Crippen molar-refractivity contribution < 1.29 is 9.18 Å². The molecule has 0 bridgehead atoms. The number of rotatable bonds is 5. The van der Waals surface area contributed by atoms with Gasteiger partial charge in [0.1, 0.15) is 5.82 Å². The SMILES string of the molecule is C[C@H](N[C@H](C)c1ccc2ccccc2c1)C(=O)Nc1cccc(F)c1. The molecule has 0 saturated heterocycles. The van der Waals surface area contributed by atoms with Crippen LogP contribution in [0.4, 0.5) is 10.1 Å². The summed E-state index contributed by atoms with van der Waals surface area (Å²) < 4.78 is 13.2. The van der Waals surface area contributed by atoms with Gasteiger partial charge in [-0.1, -0.05) is 42.5 Å². The molecule has 0 spiro atoms. The number of amides is 1. The lowest BCUT2D eigenvalue weighted by molar-refractivity contribution is -0.117. The van der Waals surface area contributed by atoms with Gasteiger partial charge in [-0.3, -0.25) is 10.1 Å². The van der Waals surface area contributed by atoms with Gasteiger partial charge in [0.2, 0.25) is 5.91 Å². The van der Waals surface area contributed by atoms with E-state index in [0.29, 0.717) is 5.69 Å². The van der Waals surface area contributed by atoms with Crippen molar-refractivity contribution in [3.05, 3.63) is 78.1 Å². The minimum Gasteiger partial charge on any atom is -0.325 e. The van der Waals surface area contributed by atoms with E-state index in [1.807, 2.05) is 19.1 Å². The van der Waals surface area contributed by atoms with E-state index in [4.69, 9.17) is 0 Å². The minimum absolute atomic E-state index is 0.0119. The zero-order chi connectivity index (χ0) is 17.8. The molecule has 0 aliphatic carbocycles. The Kier molecular flexibility index (Phi) is 5.10. The molecular weight excluding hydrogens is 315 g/mol. The van der Waals surface area contributed by atoms with Crippen LogP contribution < -0.4 is 10.6 Å². The third-order valence-electron chi connectivity index (χ3n) is 4.26. The van der Waals surface area contributed by atoms with Crippen molar-refractivity contribution in [3.8, 4) is 0 Å². The summed E-state index contributed by atoms with van der Waals surface area (Å²) in [5.41, 5.74) is 1.57. The number of carbonyl (C=O) groups is 1. The van der Waals surface area contributed by atoms with Crippen molar-refractivity contribution in [1.82, 2.24) is 5.32 Å². The second kappa shape index (κ2) is 7.45. The van der Waals surface area contributed by atoms with Crippen LogP contribution in [-0.4, -0.2) is 11.9 Å². The van der Waals surface area contributed by atoms with Crippen LogP contribution in [0.25, 0.3) is 10.8 Å². The highest BCUT2D eigenvalue weighted by Gasteiger charge is 2.16. The highest BCUT2D eigenvalue weighted by molar-refractivity contribution is 5.94. The minimum atomic E-state index is -0.412. The molecule has 3 rings (SSSR count). The van der Waals surface area contributed by atoms with Gasteiger partial charge in [-0.2, -0.15) is 0 Å². The molecule has 128 valence electrons. The summed E-state index contributed by atoms with van der Waals surface area (Å²) in [5.74, 6) is -0.568. The number of halogens is 1. The molecule has 0 radical (unpaired) electrons. The summed E-state index contributed by atoms with van der Waals surface area (Å²) in [7, 11) is 0. The predicted molar refractivity (Wildman–Crippen MR) is 100.0 cm³/mol. The van der Waals surface area contributed by atoms with Crippen molar-refractivity contribution in [2.24, 2.45) is 0 Å². The van der Waals surface area contributed by atoms with Crippen LogP contribution in [0.3, 0.4) is 0 Å². The average molecular weight is 336 g/mol. The third-order valence-corrected chi connectivity index (χ3v) is 4.26. The molecule has 0 aliphatic heterocycles. The van der Waals surface area contributed by atoms with E-state index >= 15 is 0 Å². The fraction of sp³-hybridized carbons (Fsp3) is 0.190. The van der Waals surface area contributed by atoms with Crippen LogP contribution in [-0.2, 0) is 4.79 Å². The Bertz CT molecular complexity index is 894. The monoisotopic (exact) mass is 336 g/mol. The molecule has 1 amide bonds. The molecule has 2 atom stereocenters. The van der Waals surface area contributed by atoms with Crippen LogP contribution in [0.1, 0.15) is 25.5 Å². The molecular formula is C21H21FN2O. The molecule has 3 aromatic rings. The largest absolute Gasteiger partial charge is 0.325 e. The summed E-state index contributed by atoms with van der Waals surface area (Å²) >= 11 is 0. The van der Waals surface area contributed by atoms with Crippen molar-refractivity contribution in [1.29, 1.82) is 0 Å². The first kappa shape index (κ1) is 17.1.